The quantitative estimate of drug-likeness (QED) is 0.857. The van der Waals surface area contributed by atoms with Crippen LogP contribution < -0.4 is 5.32 Å². The van der Waals surface area contributed by atoms with E-state index < -0.39 is 0 Å². The molecule has 0 unspecified atom stereocenters. The maximum absolute atomic E-state index is 12.4. The zero-order chi connectivity index (χ0) is 17.5. The van der Waals surface area contributed by atoms with E-state index in [1.807, 2.05) is 4.90 Å². The molecular formula is C20H27N3O2. The largest absolute Gasteiger partial charge is 0.352 e. The topological polar surface area (TPSA) is 62.3 Å². The molecule has 2 fully saturated rings. The molecule has 1 saturated heterocycles. The van der Waals surface area contributed by atoms with E-state index in [0.717, 1.165) is 38.8 Å². The fourth-order valence-electron chi connectivity index (χ4n) is 3.64. The molecule has 2 amide bonds. The molecule has 1 aromatic rings. The van der Waals surface area contributed by atoms with Gasteiger partial charge in [0.1, 0.15) is 0 Å². The highest BCUT2D eigenvalue weighted by molar-refractivity contribution is 5.93. The van der Waals surface area contributed by atoms with Gasteiger partial charge in [-0.05, 0) is 56.6 Å². The summed E-state index contributed by atoms with van der Waals surface area (Å²) in [6.45, 7) is 2.20. The van der Waals surface area contributed by atoms with Crippen molar-refractivity contribution in [1.82, 2.24) is 15.2 Å². The summed E-state index contributed by atoms with van der Waals surface area (Å²) in [5, 5.41) is 3.05. The van der Waals surface area contributed by atoms with Crippen molar-refractivity contribution in [1.29, 1.82) is 0 Å². The van der Waals surface area contributed by atoms with E-state index in [-0.39, 0.29) is 11.8 Å². The lowest BCUT2D eigenvalue weighted by Gasteiger charge is -2.32. The SMILES string of the molecule is O=C(C=C1CCCCC1)NCC1CCN(C(=O)c2cccnc2)CC1. The fraction of sp³-hybridized carbons (Fsp3) is 0.550. The van der Waals surface area contributed by atoms with Crippen LogP contribution in [-0.4, -0.2) is 41.3 Å². The molecule has 1 aliphatic carbocycles. The Bertz CT molecular complexity index is 611. The minimum atomic E-state index is 0.0470. The van der Waals surface area contributed by atoms with Crippen LogP contribution in [0.5, 0.6) is 0 Å². The average Bonchev–Trinajstić information content (AvgIpc) is 2.68. The Balaban J connectivity index is 1.40. The number of carbonyl (C=O) groups excluding carboxylic acids is 2. The molecule has 1 N–H and O–H groups in total. The maximum Gasteiger partial charge on any atom is 0.255 e. The Morgan fingerprint density at radius 2 is 1.96 bits per heavy atom. The first kappa shape index (κ1) is 17.6. The Kier molecular flexibility index (Phi) is 6.20. The van der Waals surface area contributed by atoms with Crippen molar-refractivity contribution in [3.63, 3.8) is 0 Å². The second-order valence-electron chi connectivity index (χ2n) is 7.09. The van der Waals surface area contributed by atoms with Crippen molar-refractivity contribution in [2.75, 3.05) is 19.6 Å². The predicted octanol–water partition coefficient (Wildman–Crippen LogP) is 2.94. The van der Waals surface area contributed by atoms with Crippen molar-refractivity contribution < 1.29 is 9.59 Å². The Labute approximate surface area is 149 Å². The highest BCUT2D eigenvalue weighted by Gasteiger charge is 2.23. The van der Waals surface area contributed by atoms with Crippen LogP contribution in [0.15, 0.2) is 36.2 Å². The molecule has 2 aliphatic rings. The van der Waals surface area contributed by atoms with Crippen LogP contribution >= 0.6 is 0 Å². The highest BCUT2D eigenvalue weighted by Crippen LogP contribution is 2.22. The number of pyridine rings is 1. The fourth-order valence-corrected chi connectivity index (χ4v) is 3.64. The van der Waals surface area contributed by atoms with Crippen molar-refractivity contribution in [3.05, 3.63) is 41.7 Å². The van der Waals surface area contributed by atoms with Gasteiger partial charge in [0.2, 0.25) is 5.91 Å². The van der Waals surface area contributed by atoms with E-state index in [9.17, 15) is 9.59 Å². The first-order valence-electron chi connectivity index (χ1n) is 9.39. The third kappa shape index (κ3) is 5.15. The van der Waals surface area contributed by atoms with Gasteiger partial charge in [-0.1, -0.05) is 12.0 Å². The first-order chi connectivity index (χ1) is 12.2. The van der Waals surface area contributed by atoms with E-state index in [1.54, 1.807) is 30.6 Å². The predicted molar refractivity (Wildman–Crippen MR) is 97.0 cm³/mol. The number of nitrogens with zero attached hydrogens (tertiary/aromatic N) is 2. The lowest BCUT2D eigenvalue weighted by atomic mass is 9.94. The van der Waals surface area contributed by atoms with Crippen molar-refractivity contribution in [2.24, 2.45) is 5.92 Å². The smallest absolute Gasteiger partial charge is 0.255 e. The second kappa shape index (κ2) is 8.79. The number of carbonyl (C=O) groups is 2. The summed E-state index contributed by atoms with van der Waals surface area (Å²) in [6.07, 6.45) is 12.8. The average molecular weight is 341 g/mol. The number of piperidine rings is 1. The van der Waals surface area contributed by atoms with Gasteiger partial charge in [-0.15, -0.1) is 0 Å². The van der Waals surface area contributed by atoms with Crippen LogP contribution in [0.1, 0.15) is 55.3 Å². The maximum atomic E-state index is 12.4. The summed E-state index contributed by atoms with van der Waals surface area (Å²) in [7, 11) is 0. The Morgan fingerprint density at radius 1 is 1.20 bits per heavy atom. The summed E-state index contributed by atoms with van der Waals surface area (Å²) in [5.74, 6) is 0.551. The van der Waals surface area contributed by atoms with Crippen LogP contribution in [0.4, 0.5) is 0 Å². The molecule has 3 rings (SSSR count). The summed E-state index contributed by atoms with van der Waals surface area (Å²) in [6, 6.07) is 3.59. The number of amides is 2. The summed E-state index contributed by atoms with van der Waals surface area (Å²) < 4.78 is 0. The van der Waals surface area contributed by atoms with Gasteiger partial charge in [0.25, 0.3) is 5.91 Å². The molecule has 1 aliphatic heterocycles. The van der Waals surface area contributed by atoms with E-state index in [4.69, 9.17) is 0 Å². The number of hydrogen-bond acceptors (Lipinski definition) is 3. The van der Waals surface area contributed by atoms with Gasteiger partial charge in [0, 0.05) is 38.1 Å². The second-order valence-corrected chi connectivity index (χ2v) is 7.09. The molecular weight excluding hydrogens is 314 g/mol. The van der Waals surface area contributed by atoms with E-state index in [2.05, 4.69) is 10.3 Å². The molecule has 134 valence electrons. The van der Waals surface area contributed by atoms with Gasteiger partial charge in [-0.3, -0.25) is 14.6 Å². The number of rotatable bonds is 4. The number of aromatic nitrogens is 1. The van der Waals surface area contributed by atoms with E-state index >= 15 is 0 Å². The normalized spacial score (nSPS) is 18.7. The van der Waals surface area contributed by atoms with Crippen molar-refractivity contribution >= 4 is 11.8 Å². The molecule has 0 atom stereocenters. The van der Waals surface area contributed by atoms with Gasteiger partial charge in [0.15, 0.2) is 0 Å². The van der Waals surface area contributed by atoms with Crippen molar-refractivity contribution in [3.8, 4) is 0 Å². The molecule has 1 saturated carbocycles. The molecule has 0 radical (unpaired) electrons. The Hall–Kier alpha value is -2.17. The highest BCUT2D eigenvalue weighted by atomic mass is 16.2. The summed E-state index contributed by atoms with van der Waals surface area (Å²) in [5.41, 5.74) is 1.94. The monoisotopic (exact) mass is 341 g/mol. The van der Waals surface area contributed by atoms with Gasteiger partial charge < -0.3 is 10.2 Å². The van der Waals surface area contributed by atoms with Gasteiger partial charge in [0.05, 0.1) is 5.56 Å². The number of nitrogens with one attached hydrogen (secondary N) is 1. The van der Waals surface area contributed by atoms with Crippen molar-refractivity contribution in [2.45, 2.75) is 44.9 Å². The molecule has 0 aromatic carbocycles. The third-order valence-corrected chi connectivity index (χ3v) is 5.21. The lowest BCUT2D eigenvalue weighted by Crippen LogP contribution is -2.41. The van der Waals surface area contributed by atoms with Crippen LogP contribution in [0, 0.1) is 5.92 Å². The standard InChI is InChI=1S/C20H27N3O2/c24-19(13-16-5-2-1-3-6-16)22-14-17-8-11-23(12-9-17)20(25)18-7-4-10-21-15-18/h4,7,10,13,15,17H,1-3,5-6,8-9,11-12,14H2,(H,22,24). The molecule has 5 heteroatoms. The molecule has 0 bridgehead atoms. The van der Waals surface area contributed by atoms with Crippen LogP contribution in [-0.2, 0) is 4.79 Å². The zero-order valence-corrected chi connectivity index (χ0v) is 14.7. The molecule has 1 aromatic heterocycles. The van der Waals surface area contributed by atoms with Gasteiger partial charge in [-0.25, -0.2) is 0 Å². The molecule has 2 heterocycles. The zero-order valence-electron chi connectivity index (χ0n) is 14.7. The minimum absolute atomic E-state index is 0.0470. The summed E-state index contributed by atoms with van der Waals surface area (Å²) >= 11 is 0. The number of likely N-dealkylation sites (tertiary alicyclic amines) is 1. The van der Waals surface area contributed by atoms with E-state index in [1.165, 1.54) is 24.8 Å². The van der Waals surface area contributed by atoms with Crippen LogP contribution in [0.3, 0.4) is 0 Å². The van der Waals surface area contributed by atoms with Crippen LogP contribution in [0.2, 0.25) is 0 Å². The first-order valence-corrected chi connectivity index (χ1v) is 9.39. The molecule has 25 heavy (non-hydrogen) atoms. The van der Waals surface area contributed by atoms with Gasteiger partial charge >= 0.3 is 0 Å². The Morgan fingerprint density at radius 3 is 2.64 bits per heavy atom. The summed E-state index contributed by atoms with van der Waals surface area (Å²) in [4.78, 5) is 30.4. The molecule has 5 nitrogen and oxygen atoms in total. The number of allylic oxidation sites excluding steroid dienone is 1. The van der Waals surface area contributed by atoms with E-state index in [0.29, 0.717) is 18.0 Å². The minimum Gasteiger partial charge on any atom is -0.352 e. The lowest BCUT2D eigenvalue weighted by molar-refractivity contribution is -0.116. The molecule has 0 spiro atoms. The van der Waals surface area contributed by atoms with Gasteiger partial charge in [-0.2, -0.15) is 0 Å². The van der Waals surface area contributed by atoms with Crippen LogP contribution in [0.25, 0.3) is 0 Å². The third-order valence-electron chi connectivity index (χ3n) is 5.21. The number of hydrogen-bond donors (Lipinski definition) is 1.